The molecule has 0 heterocycles. The molecule has 0 unspecified atom stereocenters. The van der Waals surface area contributed by atoms with Gasteiger partial charge in [0.25, 0.3) is 5.91 Å². The molecule has 0 saturated carbocycles. The molecule has 2 rings (SSSR count). The smallest absolute Gasteiger partial charge is 0.339 e. The number of amides is 1. The first-order chi connectivity index (χ1) is 12.8. The minimum absolute atomic E-state index is 0.0813. The van der Waals surface area contributed by atoms with E-state index in [1.165, 1.54) is 17.0 Å². The Labute approximate surface area is 158 Å². The summed E-state index contributed by atoms with van der Waals surface area (Å²) in [5.41, 5.74) is 3.24. The summed E-state index contributed by atoms with van der Waals surface area (Å²) in [6, 6.07) is 11.5. The number of carbonyl (C=O) groups is 2. The van der Waals surface area contributed by atoms with Crippen LogP contribution in [0.15, 0.2) is 36.4 Å². The maximum absolute atomic E-state index is 13.4. The van der Waals surface area contributed by atoms with E-state index in [1.807, 2.05) is 38.1 Å². The highest BCUT2D eigenvalue weighted by Crippen LogP contribution is 2.20. The number of nitrogens with zero attached hydrogens (tertiary/aromatic N) is 2. The molecule has 6 heteroatoms. The normalized spacial score (nSPS) is 10.2. The standard InChI is InChI=1S/C21H21FN2O3/c1-14-9-15(2)11-18(10-14)24(8-4-7-23)20(25)13-27-21(26)19-12-17(22)6-5-16(19)3/h5-6,9-12H,4,8,13H2,1-3H3. The molecule has 2 aromatic carbocycles. The highest BCUT2D eigenvalue weighted by atomic mass is 19.1. The minimum Gasteiger partial charge on any atom is -0.452 e. The average Bonchev–Trinajstić information content (AvgIpc) is 2.61. The van der Waals surface area contributed by atoms with E-state index in [0.29, 0.717) is 11.3 Å². The molecule has 5 nitrogen and oxygen atoms in total. The third-order valence-electron chi connectivity index (χ3n) is 4.01. The number of anilines is 1. The van der Waals surface area contributed by atoms with Gasteiger partial charge in [-0.15, -0.1) is 0 Å². The SMILES string of the molecule is Cc1cc(C)cc(N(CCC#N)C(=O)COC(=O)c2cc(F)ccc2C)c1. The van der Waals surface area contributed by atoms with Gasteiger partial charge in [0.05, 0.1) is 18.1 Å². The molecular weight excluding hydrogens is 347 g/mol. The molecule has 0 aliphatic carbocycles. The Balaban J connectivity index is 2.15. The van der Waals surface area contributed by atoms with Crippen LogP contribution >= 0.6 is 0 Å². The summed E-state index contributed by atoms with van der Waals surface area (Å²) >= 11 is 0. The minimum atomic E-state index is -0.763. The van der Waals surface area contributed by atoms with Crippen molar-refractivity contribution in [2.75, 3.05) is 18.1 Å². The fourth-order valence-electron chi connectivity index (χ4n) is 2.76. The molecule has 0 bridgehead atoms. The number of benzene rings is 2. The van der Waals surface area contributed by atoms with Gasteiger partial charge in [-0.25, -0.2) is 9.18 Å². The van der Waals surface area contributed by atoms with Crippen LogP contribution in [0.1, 0.15) is 33.5 Å². The van der Waals surface area contributed by atoms with E-state index in [-0.39, 0.29) is 18.5 Å². The number of esters is 1. The Morgan fingerprint density at radius 2 is 1.78 bits per heavy atom. The predicted molar refractivity (Wildman–Crippen MR) is 99.9 cm³/mol. The van der Waals surface area contributed by atoms with Gasteiger partial charge in [-0.1, -0.05) is 12.1 Å². The van der Waals surface area contributed by atoms with E-state index >= 15 is 0 Å². The van der Waals surface area contributed by atoms with Crippen molar-refractivity contribution in [2.24, 2.45) is 0 Å². The quantitative estimate of drug-likeness (QED) is 0.726. The highest BCUT2D eigenvalue weighted by molar-refractivity contribution is 5.97. The second kappa shape index (κ2) is 8.95. The van der Waals surface area contributed by atoms with E-state index in [1.54, 1.807) is 6.92 Å². The third kappa shape index (κ3) is 5.38. The van der Waals surface area contributed by atoms with Crippen molar-refractivity contribution < 1.29 is 18.7 Å². The summed E-state index contributed by atoms with van der Waals surface area (Å²) < 4.78 is 18.4. The number of aryl methyl sites for hydroxylation is 3. The number of hydrogen-bond donors (Lipinski definition) is 0. The van der Waals surface area contributed by atoms with E-state index in [4.69, 9.17) is 10.00 Å². The summed E-state index contributed by atoms with van der Waals surface area (Å²) in [4.78, 5) is 26.2. The molecule has 0 N–H and O–H groups in total. The molecule has 0 aliphatic heterocycles. The Bertz CT molecular complexity index is 883. The molecule has 1 amide bonds. The van der Waals surface area contributed by atoms with Crippen molar-refractivity contribution in [3.8, 4) is 6.07 Å². The monoisotopic (exact) mass is 368 g/mol. The van der Waals surface area contributed by atoms with Gasteiger partial charge in [0.2, 0.25) is 0 Å². The molecule has 0 fully saturated rings. The van der Waals surface area contributed by atoms with Gasteiger partial charge in [0.1, 0.15) is 5.82 Å². The molecule has 2 aromatic rings. The van der Waals surface area contributed by atoms with Crippen molar-refractivity contribution >= 4 is 17.6 Å². The van der Waals surface area contributed by atoms with Gasteiger partial charge in [0.15, 0.2) is 6.61 Å². The maximum atomic E-state index is 13.4. The molecule has 0 spiro atoms. The Morgan fingerprint density at radius 3 is 2.41 bits per heavy atom. The summed E-state index contributed by atoms with van der Waals surface area (Å²) in [5.74, 6) is -1.76. The molecule has 0 atom stereocenters. The van der Waals surface area contributed by atoms with Crippen molar-refractivity contribution in [1.29, 1.82) is 5.26 Å². The summed E-state index contributed by atoms with van der Waals surface area (Å²) in [5, 5.41) is 8.87. The van der Waals surface area contributed by atoms with Crippen molar-refractivity contribution in [1.82, 2.24) is 0 Å². The summed E-state index contributed by atoms with van der Waals surface area (Å²) in [6.07, 6.45) is 0.148. The Kier molecular flexibility index (Phi) is 6.67. The first-order valence-electron chi connectivity index (χ1n) is 8.50. The average molecular weight is 368 g/mol. The van der Waals surface area contributed by atoms with Crippen LogP contribution in [0.5, 0.6) is 0 Å². The van der Waals surface area contributed by atoms with Gasteiger partial charge >= 0.3 is 5.97 Å². The van der Waals surface area contributed by atoms with Crippen molar-refractivity contribution in [3.05, 3.63) is 64.5 Å². The fourth-order valence-corrected chi connectivity index (χ4v) is 2.76. The molecular formula is C21H21FN2O3. The van der Waals surface area contributed by atoms with Crippen LogP contribution in [0.3, 0.4) is 0 Å². The molecule has 0 aliphatic rings. The zero-order valence-corrected chi connectivity index (χ0v) is 15.6. The van der Waals surface area contributed by atoms with Gasteiger partial charge in [0, 0.05) is 12.2 Å². The van der Waals surface area contributed by atoms with Crippen LogP contribution in [0, 0.1) is 37.9 Å². The van der Waals surface area contributed by atoms with Crippen LogP contribution in [0.4, 0.5) is 10.1 Å². The van der Waals surface area contributed by atoms with E-state index in [2.05, 4.69) is 0 Å². The number of hydrogen-bond acceptors (Lipinski definition) is 4. The fraction of sp³-hybridized carbons (Fsp3) is 0.286. The number of ether oxygens (including phenoxy) is 1. The number of nitriles is 1. The topological polar surface area (TPSA) is 70.4 Å². The van der Waals surface area contributed by atoms with Crippen LogP contribution in [-0.2, 0) is 9.53 Å². The van der Waals surface area contributed by atoms with E-state index < -0.39 is 24.3 Å². The maximum Gasteiger partial charge on any atom is 0.339 e. The zero-order valence-electron chi connectivity index (χ0n) is 15.6. The van der Waals surface area contributed by atoms with Crippen LogP contribution in [-0.4, -0.2) is 25.0 Å². The van der Waals surface area contributed by atoms with Gasteiger partial charge < -0.3 is 9.64 Å². The lowest BCUT2D eigenvalue weighted by Gasteiger charge is -2.22. The molecule has 0 radical (unpaired) electrons. The predicted octanol–water partition coefficient (Wildman–Crippen LogP) is 3.85. The van der Waals surface area contributed by atoms with Gasteiger partial charge in [-0.2, -0.15) is 5.26 Å². The van der Waals surface area contributed by atoms with Crippen molar-refractivity contribution in [3.63, 3.8) is 0 Å². The van der Waals surface area contributed by atoms with Gasteiger partial charge in [-0.05, 0) is 61.7 Å². The second-order valence-electron chi connectivity index (χ2n) is 6.33. The first kappa shape index (κ1) is 20.1. The number of rotatable bonds is 6. The van der Waals surface area contributed by atoms with Gasteiger partial charge in [-0.3, -0.25) is 4.79 Å². The van der Waals surface area contributed by atoms with Crippen LogP contribution in [0.2, 0.25) is 0 Å². The molecule has 140 valence electrons. The largest absolute Gasteiger partial charge is 0.452 e. The molecule has 0 saturated heterocycles. The molecule has 27 heavy (non-hydrogen) atoms. The first-order valence-corrected chi connectivity index (χ1v) is 8.50. The lowest BCUT2D eigenvalue weighted by Crippen LogP contribution is -2.35. The number of carbonyl (C=O) groups excluding carboxylic acids is 2. The van der Waals surface area contributed by atoms with E-state index in [0.717, 1.165) is 17.2 Å². The molecule has 0 aromatic heterocycles. The Morgan fingerprint density at radius 1 is 1.11 bits per heavy atom. The van der Waals surface area contributed by atoms with Crippen molar-refractivity contribution in [2.45, 2.75) is 27.2 Å². The zero-order chi connectivity index (χ0) is 20.0. The lowest BCUT2D eigenvalue weighted by molar-refractivity contribution is -0.121. The summed E-state index contributed by atoms with van der Waals surface area (Å²) in [6.45, 7) is 5.18. The second-order valence-corrected chi connectivity index (χ2v) is 6.33. The Hall–Kier alpha value is -3.20. The number of halogens is 1. The summed E-state index contributed by atoms with van der Waals surface area (Å²) in [7, 11) is 0. The van der Waals surface area contributed by atoms with Crippen LogP contribution < -0.4 is 4.90 Å². The van der Waals surface area contributed by atoms with Crippen LogP contribution in [0.25, 0.3) is 0 Å². The highest BCUT2D eigenvalue weighted by Gasteiger charge is 2.19. The lowest BCUT2D eigenvalue weighted by atomic mass is 10.1. The van der Waals surface area contributed by atoms with E-state index in [9.17, 15) is 14.0 Å². The third-order valence-corrected chi connectivity index (χ3v) is 4.01.